The van der Waals surface area contributed by atoms with E-state index in [4.69, 9.17) is 26.8 Å². The standard InChI is InChI=1S/C19H28ClN3O3.2ClH/c20-16-4-2-1-3-15(16)17(23-7-11-26-12-8-23)13-22-19(24)18(21)14-5-9-25-10-6-14;;/h1-4,14,17-18H,5-13,21H2,(H,22,24);2*1H. The van der Waals surface area contributed by atoms with Gasteiger partial charge in [0.2, 0.25) is 5.91 Å². The first-order chi connectivity index (χ1) is 12.7. The van der Waals surface area contributed by atoms with Crippen molar-refractivity contribution < 1.29 is 14.3 Å². The van der Waals surface area contributed by atoms with Crippen LogP contribution in [0.3, 0.4) is 0 Å². The van der Waals surface area contributed by atoms with Crippen molar-refractivity contribution in [2.45, 2.75) is 24.9 Å². The van der Waals surface area contributed by atoms with Gasteiger partial charge in [0.25, 0.3) is 0 Å². The van der Waals surface area contributed by atoms with Crippen molar-refractivity contribution in [3.05, 3.63) is 34.9 Å². The van der Waals surface area contributed by atoms with Crippen LogP contribution >= 0.6 is 36.4 Å². The summed E-state index contributed by atoms with van der Waals surface area (Å²) in [4.78, 5) is 14.9. The fourth-order valence-corrected chi connectivity index (χ4v) is 3.94. The molecule has 2 heterocycles. The monoisotopic (exact) mass is 453 g/mol. The van der Waals surface area contributed by atoms with Crippen LogP contribution in [0.2, 0.25) is 5.02 Å². The molecule has 0 spiro atoms. The summed E-state index contributed by atoms with van der Waals surface area (Å²) in [6.45, 7) is 4.87. The van der Waals surface area contributed by atoms with Crippen molar-refractivity contribution in [3.63, 3.8) is 0 Å². The van der Waals surface area contributed by atoms with Gasteiger partial charge in [0, 0.05) is 37.9 Å². The van der Waals surface area contributed by atoms with Crippen LogP contribution in [0.15, 0.2) is 24.3 Å². The van der Waals surface area contributed by atoms with Crippen LogP contribution in [-0.4, -0.2) is 62.9 Å². The van der Waals surface area contributed by atoms with Crippen molar-refractivity contribution in [1.82, 2.24) is 10.2 Å². The summed E-state index contributed by atoms with van der Waals surface area (Å²) < 4.78 is 10.8. The van der Waals surface area contributed by atoms with Gasteiger partial charge in [0.1, 0.15) is 0 Å². The van der Waals surface area contributed by atoms with Crippen LogP contribution in [-0.2, 0) is 14.3 Å². The molecule has 3 rings (SSSR count). The lowest BCUT2D eigenvalue weighted by Crippen LogP contribution is -2.50. The number of benzene rings is 1. The molecule has 3 N–H and O–H groups in total. The molecule has 0 aliphatic carbocycles. The molecule has 28 heavy (non-hydrogen) atoms. The minimum atomic E-state index is -0.490. The molecule has 2 aliphatic rings. The quantitative estimate of drug-likeness (QED) is 0.690. The zero-order valence-electron chi connectivity index (χ0n) is 15.8. The van der Waals surface area contributed by atoms with E-state index in [1.807, 2.05) is 24.3 Å². The van der Waals surface area contributed by atoms with Crippen LogP contribution in [0.5, 0.6) is 0 Å². The van der Waals surface area contributed by atoms with E-state index < -0.39 is 6.04 Å². The maximum atomic E-state index is 12.6. The average molecular weight is 455 g/mol. The SMILES string of the molecule is Cl.Cl.NC(C(=O)NCC(c1ccccc1Cl)N1CCOCC1)C1CCOCC1. The summed E-state index contributed by atoms with van der Waals surface area (Å²) in [5.41, 5.74) is 7.22. The molecular formula is C19H30Cl3N3O3. The number of nitrogens with zero attached hydrogens (tertiary/aromatic N) is 1. The Kier molecular flexibility index (Phi) is 11.7. The van der Waals surface area contributed by atoms with Gasteiger partial charge in [-0.05, 0) is 30.4 Å². The Bertz CT molecular complexity index is 597. The van der Waals surface area contributed by atoms with Gasteiger partial charge in [-0.25, -0.2) is 0 Å². The molecular weight excluding hydrogens is 425 g/mol. The Balaban J connectivity index is 0.00000196. The second-order valence-corrected chi connectivity index (χ2v) is 7.31. The van der Waals surface area contributed by atoms with Gasteiger partial charge in [0.15, 0.2) is 0 Å². The number of hydrogen-bond donors (Lipinski definition) is 2. The lowest BCUT2D eigenvalue weighted by molar-refractivity contribution is -0.124. The van der Waals surface area contributed by atoms with E-state index in [0.717, 1.165) is 31.5 Å². The Morgan fingerprint density at radius 1 is 1.14 bits per heavy atom. The van der Waals surface area contributed by atoms with E-state index in [0.29, 0.717) is 38.0 Å². The van der Waals surface area contributed by atoms with E-state index in [2.05, 4.69) is 10.2 Å². The van der Waals surface area contributed by atoms with Crippen molar-refractivity contribution in [2.75, 3.05) is 46.1 Å². The fraction of sp³-hybridized carbons (Fsp3) is 0.632. The number of rotatable bonds is 6. The maximum absolute atomic E-state index is 12.6. The first kappa shape index (κ1) is 25.4. The summed E-state index contributed by atoms with van der Waals surface area (Å²) >= 11 is 6.43. The van der Waals surface area contributed by atoms with Gasteiger partial charge in [-0.1, -0.05) is 29.8 Å². The summed E-state index contributed by atoms with van der Waals surface area (Å²) in [5, 5.41) is 3.77. The van der Waals surface area contributed by atoms with Crippen molar-refractivity contribution in [2.24, 2.45) is 11.7 Å². The van der Waals surface area contributed by atoms with Crippen LogP contribution in [0.1, 0.15) is 24.4 Å². The predicted octanol–water partition coefficient (Wildman–Crippen LogP) is 2.43. The van der Waals surface area contributed by atoms with E-state index in [1.54, 1.807) is 0 Å². The fourth-order valence-electron chi connectivity index (χ4n) is 3.67. The highest BCUT2D eigenvalue weighted by Gasteiger charge is 2.29. The molecule has 0 aromatic heterocycles. The number of nitrogens with one attached hydrogen (secondary N) is 1. The van der Waals surface area contributed by atoms with Gasteiger partial charge in [0.05, 0.1) is 25.3 Å². The molecule has 2 fully saturated rings. The van der Waals surface area contributed by atoms with Crippen molar-refractivity contribution in [3.8, 4) is 0 Å². The summed E-state index contributed by atoms with van der Waals surface area (Å²) in [5.74, 6) is 0.0908. The zero-order valence-corrected chi connectivity index (χ0v) is 18.2. The van der Waals surface area contributed by atoms with Crippen molar-refractivity contribution in [1.29, 1.82) is 0 Å². The second kappa shape index (κ2) is 12.9. The third kappa shape index (κ3) is 6.73. The molecule has 160 valence electrons. The lowest BCUT2D eigenvalue weighted by atomic mass is 9.91. The Morgan fingerprint density at radius 2 is 1.75 bits per heavy atom. The molecule has 2 aliphatic heterocycles. The molecule has 2 atom stereocenters. The van der Waals surface area contributed by atoms with Crippen LogP contribution < -0.4 is 11.1 Å². The van der Waals surface area contributed by atoms with Gasteiger partial charge in [-0.2, -0.15) is 0 Å². The number of ether oxygens (including phenoxy) is 2. The Morgan fingerprint density at radius 3 is 2.39 bits per heavy atom. The molecule has 1 aromatic rings. The number of halogens is 3. The number of hydrogen-bond acceptors (Lipinski definition) is 5. The molecule has 0 saturated carbocycles. The van der Waals surface area contributed by atoms with Crippen LogP contribution in [0.4, 0.5) is 0 Å². The second-order valence-electron chi connectivity index (χ2n) is 6.91. The smallest absolute Gasteiger partial charge is 0.237 e. The molecule has 0 bridgehead atoms. The van der Waals surface area contributed by atoms with Gasteiger partial charge < -0.3 is 20.5 Å². The number of nitrogens with two attached hydrogens (primary N) is 1. The van der Waals surface area contributed by atoms with Gasteiger partial charge >= 0.3 is 0 Å². The normalized spacial score (nSPS) is 20.4. The summed E-state index contributed by atoms with van der Waals surface area (Å²) in [6.07, 6.45) is 1.68. The van der Waals surface area contributed by atoms with E-state index >= 15 is 0 Å². The largest absolute Gasteiger partial charge is 0.381 e. The molecule has 0 radical (unpaired) electrons. The first-order valence-electron chi connectivity index (χ1n) is 9.34. The highest BCUT2D eigenvalue weighted by atomic mass is 35.5. The molecule has 2 saturated heterocycles. The average Bonchev–Trinajstić information content (AvgIpc) is 2.70. The number of carbonyl (C=O) groups excluding carboxylic acids is 1. The number of amides is 1. The predicted molar refractivity (Wildman–Crippen MR) is 116 cm³/mol. The highest BCUT2D eigenvalue weighted by Crippen LogP contribution is 2.28. The lowest BCUT2D eigenvalue weighted by Gasteiger charge is -2.35. The summed E-state index contributed by atoms with van der Waals surface area (Å²) in [6, 6.07) is 7.33. The minimum absolute atomic E-state index is 0. The molecule has 2 unspecified atom stereocenters. The van der Waals surface area contributed by atoms with Crippen molar-refractivity contribution >= 4 is 42.3 Å². The van der Waals surface area contributed by atoms with E-state index in [9.17, 15) is 4.79 Å². The maximum Gasteiger partial charge on any atom is 0.237 e. The van der Waals surface area contributed by atoms with E-state index in [-0.39, 0.29) is 42.7 Å². The third-order valence-corrected chi connectivity index (χ3v) is 5.64. The molecule has 1 amide bonds. The number of carbonyl (C=O) groups is 1. The summed E-state index contributed by atoms with van der Waals surface area (Å²) in [7, 11) is 0. The van der Waals surface area contributed by atoms with E-state index in [1.165, 1.54) is 0 Å². The molecule has 1 aromatic carbocycles. The molecule has 9 heteroatoms. The zero-order chi connectivity index (χ0) is 18.4. The first-order valence-corrected chi connectivity index (χ1v) is 9.72. The van der Waals surface area contributed by atoms with Crippen LogP contribution in [0.25, 0.3) is 0 Å². The van der Waals surface area contributed by atoms with Gasteiger partial charge in [-0.3, -0.25) is 9.69 Å². The highest BCUT2D eigenvalue weighted by molar-refractivity contribution is 6.31. The minimum Gasteiger partial charge on any atom is -0.381 e. The van der Waals surface area contributed by atoms with Crippen LogP contribution in [0, 0.1) is 5.92 Å². The third-order valence-electron chi connectivity index (χ3n) is 5.30. The molecule has 6 nitrogen and oxygen atoms in total. The topological polar surface area (TPSA) is 76.8 Å². The Labute approximate surface area is 184 Å². The van der Waals surface area contributed by atoms with Gasteiger partial charge in [-0.15, -0.1) is 24.8 Å². The Hall–Kier alpha value is -0.600. The number of morpholine rings is 1.